The van der Waals surface area contributed by atoms with Gasteiger partial charge in [-0.15, -0.1) is 11.8 Å². The fourth-order valence-corrected chi connectivity index (χ4v) is 8.49. The maximum Gasteiger partial charge on any atom is 0.338 e. The summed E-state index contributed by atoms with van der Waals surface area (Å²) in [4.78, 5) is 30.1. The van der Waals surface area contributed by atoms with Crippen LogP contribution in [-0.2, 0) is 37.3 Å². The van der Waals surface area contributed by atoms with E-state index < -0.39 is 46.4 Å². The lowest BCUT2D eigenvalue weighted by Crippen LogP contribution is -2.45. The number of rotatable bonds is 14. The Morgan fingerprint density at radius 2 is 1.61 bits per heavy atom. The molecule has 5 atom stereocenters. The first-order valence-corrected chi connectivity index (χ1v) is 19.8. The monoisotopic (exact) mass is 767 g/mol. The van der Waals surface area contributed by atoms with Gasteiger partial charge in [0.1, 0.15) is 11.1 Å². The van der Waals surface area contributed by atoms with Crippen molar-refractivity contribution in [1.82, 2.24) is 9.71 Å². The minimum absolute atomic E-state index is 0.0530. The summed E-state index contributed by atoms with van der Waals surface area (Å²) in [5, 5.41) is 22.6. The molecule has 1 unspecified atom stereocenters. The first kappa shape index (κ1) is 38.8. The van der Waals surface area contributed by atoms with E-state index in [1.54, 1.807) is 42.6 Å². The first-order chi connectivity index (χ1) is 26.0. The Kier molecular flexibility index (Phi) is 12.6. The fourth-order valence-electron chi connectivity index (χ4n) is 6.14. The highest BCUT2D eigenvalue weighted by Gasteiger charge is 2.39. The highest BCUT2D eigenvalue weighted by Crippen LogP contribution is 2.43. The number of carbonyl (C=O) groups is 2. The van der Waals surface area contributed by atoms with Crippen molar-refractivity contribution >= 4 is 39.3 Å². The number of benzene rings is 4. The number of ether oxygens (including phenoxy) is 2. The van der Waals surface area contributed by atoms with Crippen LogP contribution in [0.3, 0.4) is 0 Å². The van der Waals surface area contributed by atoms with E-state index >= 15 is 0 Å². The van der Waals surface area contributed by atoms with Gasteiger partial charge < -0.3 is 25.0 Å². The van der Waals surface area contributed by atoms with Gasteiger partial charge in [-0.1, -0.05) is 91.3 Å². The molecule has 4 aromatic carbocycles. The van der Waals surface area contributed by atoms with E-state index in [1.165, 1.54) is 30.0 Å². The SMILES string of the molecule is Cc1ccc(S(=O)(=O)N[C@H](Cc2ccccc2)C(=O)Nc2cccc(C3O[C@H](CSc4ncccc4C(=O)O)[C@H](C)[C@H](c4ccc(CO)cc4)O3)c2)cc1. The summed E-state index contributed by atoms with van der Waals surface area (Å²) < 4.78 is 42.6. The highest BCUT2D eigenvalue weighted by atomic mass is 32.2. The second-order valence-electron chi connectivity index (χ2n) is 13.1. The number of aromatic carboxylic acids is 1. The van der Waals surface area contributed by atoms with Crippen LogP contribution < -0.4 is 10.0 Å². The molecule has 2 heterocycles. The summed E-state index contributed by atoms with van der Waals surface area (Å²) in [6.07, 6.45) is -0.0668. The van der Waals surface area contributed by atoms with Crippen LogP contribution in [0.5, 0.6) is 0 Å². The summed E-state index contributed by atoms with van der Waals surface area (Å²) >= 11 is 1.29. The number of nitrogens with zero attached hydrogens (tertiary/aromatic N) is 1. The molecule has 1 amide bonds. The molecule has 0 radical (unpaired) electrons. The van der Waals surface area contributed by atoms with Crippen molar-refractivity contribution in [2.75, 3.05) is 11.1 Å². The predicted molar refractivity (Wildman–Crippen MR) is 205 cm³/mol. The number of anilines is 1. The van der Waals surface area contributed by atoms with Crippen LogP contribution in [0, 0.1) is 12.8 Å². The second kappa shape index (κ2) is 17.5. The molecule has 5 aromatic rings. The number of hydrogen-bond acceptors (Lipinski definition) is 9. The summed E-state index contributed by atoms with van der Waals surface area (Å²) in [6, 6.07) is 32.0. The number of hydrogen-bond donors (Lipinski definition) is 4. The normalized spacial score (nSPS) is 19.2. The second-order valence-corrected chi connectivity index (χ2v) is 15.8. The number of aliphatic hydroxyl groups excluding tert-OH is 1. The van der Waals surface area contributed by atoms with Crippen molar-refractivity contribution in [1.29, 1.82) is 0 Å². The van der Waals surface area contributed by atoms with E-state index in [2.05, 4.69) is 15.0 Å². The Morgan fingerprint density at radius 1 is 0.870 bits per heavy atom. The quantitative estimate of drug-likeness (QED) is 0.0896. The number of aromatic nitrogens is 1. The highest BCUT2D eigenvalue weighted by molar-refractivity contribution is 7.99. The van der Waals surface area contributed by atoms with Gasteiger partial charge in [-0.05, 0) is 66.4 Å². The zero-order valence-corrected chi connectivity index (χ0v) is 31.3. The molecule has 280 valence electrons. The molecule has 1 aliphatic rings. The predicted octanol–water partition coefficient (Wildman–Crippen LogP) is 6.69. The molecule has 0 saturated carbocycles. The number of sulfonamides is 1. The average molecular weight is 768 g/mol. The molecule has 0 spiro atoms. The van der Waals surface area contributed by atoms with E-state index in [9.17, 15) is 28.2 Å². The molecule has 4 N–H and O–H groups in total. The number of aryl methyl sites for hydroxylation is 1. The van der Waals surface area contributed by atoms with E-state index in [0.29, 0.717) is 22.0 Å². The fraction of sp³-hybridized carbons (Fsp3) is 0.244. The standard InChI is InChI=1S/C41H41N3O8S2/c1-26-13-19-33(20-14-26)54(49,50)44-35(22-28-8-4-3-5-9-28)38(46)43-32-11-6-10-31(23-32)41-51-36(25-53-39-34(40(47)48)12-7-21-42-39)27(2)37(52-41)30-17-15-29(24-45)16-18-30/h3-21,23,27,35-37,41,44-45H,22,24-25H2,1-2H3,(H,43,46)(H,47,48)/t27-,35+,36+,37+,41?/m0/s1. The minimum atomic E-state index is -4.04. The molecule has 0 aliphatic carbocycles. The Morgan fingerprint density at radius 3 is 2.31 bits per heavy atom. The van der Waals surface area contributed by atoms with Gasteiger partial charge in [0.15, 0.2) is 6.29 Å². The van der Waals surface area contributed by atoms with Crippen molar-refractivity contribution in [3.8, 4) is 0 Å². The zero-order valence-electron chi connectivity index (χ0n) is 29.7. The van der Waals surface area contributed by atoms with Crippen LogP contribution in [0.15, 0.2) is 131 Å². The molecule has 0 bridgehead atoms. The van der Waals surface area contributed by atoms with Gasteiger partial charge in [-0.25, -0.2) is 18.2 Å². The third-order valence-corrected chi connectivity index (χ3v) is 11.7. The maximum absolute atomic E-state index is 13.9. The van der Waals surface area contributed by atoms with E-state index in [4.69, 9.17) is 9.47 Å². The lowest BCUT2D eigenvalue weighted by atomic mass is 9.91. The summed E-state index contributed by atoms with van der Waals surface area (Å²) in [5.74, 6) is -1.41. The van der Waals surface area contributed by atoms with Crippen LogP contribution in [0.2, 0.25) is 0 Å². The molecular weight excluding hydrogens is 727 g/mol. The Balaban J connectivity index is 1.25. The third kappa shape index (κ3) is 9.61. The average Bonchev–Trinajstić information content (AvgIpc) is 3.18. The summed E-state index contributed by atoms with van der Waals surface area (Å²) in [5.41, 5.74) is 4.43. The topological polar surface area (TPSA) is 164 Å². The van der Waals surface area contributed by atoms with Gasteiger partial charge >= 0.3 is 5.97 Å². The van der Waals surface area contributed by atoms with Crippen molar-refractivity contribution in [2.45, 2.75) is 61.3 Å². The number of carboxylic acids is 1. The van der Waals surface area contributed by atoms with E-state index in [-0.39, 0.29) is 29.4 Å². The maximum atomic E-state index is 13.9. The number of aliphatic hydroxyl groups is 1. The summed E-state index contributed by atoms with van der Waals surface area (Å²) in [6.45, 7) is 3.77. The van der Waals surface area contributed by atoms with Crippen LogP contribution in [0.4, 0.5) is 5.69 Å². The first-order valence-electron chi connectivity index (χ1n) is 17.4. The Labute approximate surface area is 318 Å². The van der Waals surface area contributed by atoms with Gasteiger partial charge in [-0.3, -0.25) is 4.79 Å². The van der Waals surface area contributed by atoms with Gasteiger partial charge in [0, 0.05) is 29.1 Å². The van der Waals surface area contributed by atoms with Crippen molar-refractivity contribution in [2.24, 2.45) is 5.92 Å². The molecule has 54 heavy (non-hydrogen) atoms. The zero-order chi connectivity index (χ0) is 38.2. The van der Waals surface area contributed by atoms with Crippen molar-refractivity contribution in [3.63, 3.8) is 0 Å². The molecule has 1 aromatic heterocycles. The van der Waals surface area contributed by atoms with E-state index in [0.717, 1.165) is 22.3 Å². The van der Waals surface area contributed by atoms with Gasteiger partial charge in [0.2, 0.25) is 15.9 Å². The number of carbonyl (C=O) groups excluding carboxylic acids is 1. The molecular formula is C41H41N3O8S2. The third-order valence-electron chi connectivity index (χ3n) is 9.16. The molecule has 1 aliphatic heterocycles. The molecule has 1 saturated heterocycles. The lowest BCUT2D eigenvalue weighted by molar-refractivity contribution is -0.268. The van der Waals surface area contributed by atoms with E-state index in [1.807, 2.05) is 74.5 Å². The Hall–Kier alpha value is -4.89. The number of nitrogens with one attached hydrogen (secondary N) is 2. The van der Waals surface area contributed by atoms with Crippen molar-refractivity contribution < 1.29 is 37.7 Å². The van der Waals surface area contributed by atoms with Crippen LogP contribution in [0.1, 0.15) is 57.5 Å². The largest absolute Gasteiger partial charge is 0.478 e. The van der Waals surface area contributed by atoms with Gasteiger partial charge in [0.25, 0.3) is 0 Å². The van der Waals surface area contributed by atoms with Crippen LogP contribution in [0.25, 0.3) is 0 Å². The summed E-state index contributed by atoms with van der Waals surface area (Å²) in [7, 11) is -4.04. The number of amides is 1. The lowest BCUT2D eigenvalue weighted by Gasteiger charge is -2.41. The molecule has 6 rings (SSSR count). The number of pyridine rings is 1. The molecule has 11 nitrogen and oxygen atoms in total. The Bertz CT molecular complexity index is 2170. The van der Waals surface area contributed by atoms with Crippen LogP contribution in [-0.4, -0.2) is 53.4 Å². The number of thioether (sulfide) groups is 1. The van der Waals surface area contributed by atoms with Gasteiger partial charge in [-0.2, -0.15) is 4.72 Å². The van der Waals surface area contributed by atoms with Gasteiger partial charge in [0.05, 0.1) is 29.3 Å². The molecule has 13 heteroatoms. The molecule has 1 fully saturated rings. The number of carboxylic acid groups (broad SMARTS) is 1. The minimum Gasteiger partial charge on any atom is -0.478 e. The van der Waals surface area contributed by atoms with Crippen LogP contribution >= 0.6 is 11.8 Å². The van der Waals surface area contributed by atoms with Crippen molar-refractivity contribution in [3.05, 3.63) is 155 Å². The smallest absolute Gasteiger partial charge is 0.338 e.